The maximum Gasteiger partial charge on any atom is 0.286 e. The Kier molecular flexibility index (Phi) is 4.67. The normalized spacial score (nSPS) is 17.7. The summed E-state index contributed by atoms with van der Waals surface area (Å²) in [6.45, 7) is 3.64. The smallest absolute Gasteiger partial charge is 0.271 e. The Morgan fingerprint density at radius 3 is 2.36 bits per heavy atom. The van der Waals surface area contributed by atoms with Gasteiger partial charge in [-0.15, -0.1) is 4.41 Å². The lowest BCUT2D eigenvalue weighted by Crippen LogP contribution is -2.33. The van der Waals surface area contributed by atoms with Gasteiger partial charge in [0, 0.05) is 10.7 Å². The van der Waals surface area contributed by atoms with Crippen molar-refractivity contribution >= 4 is 33.2 Å². The number of nitrogens with zero attached hydrogens (tertiary/aromatic N) is 2. The van der Waals surface area contributed by atoms with Gasteiger partial charge in [-0.2, -0.15) is 13.5 Å². The van der Waals surface area contributed by atoms with Crippen molar-refractivity contribution in [1.29, 1.82) is 0 Å². The van der Waals surface area contributed by atoms with Crippen molar-refractivity contribution in [2.24, 2.45) is 11.0 Å². The number of hydrogen-bond donors (Lipinski definition) is 0. The minimum Gasteiger partial charge on any atom is -0.271 e. The summed E-state index contributed by atoms with van der Waals surface area (Å²) in [6.07, 6.45) is 0.424. The molecule has 5 nitrogen and oxygen atoms in total. The molecule has 0 radical (unpaired) electrons. The summed E-state index contributed by atoms with van der Waals surface area (Å²) in [5.41, 5.74) is 2.55. The Labute approximate surface area is 152 Å². The number of benzene rings is 2. The second kappa shape index (κ2) is 6.61. The fourth-order valence-corrected chi connectivity index (χ4v) is 4.15. The van der Waals surface area contributed by atoms with Crippen LogP contribution in [0, 0.1) is 12.8 Å². The molecule has 0 spiro atoms. The van der Waals surface area contributed by atoms with Crippen molar-refractivity contribution in [3.63, 3.8) is 0 Å². The van der Waals surface area contributed by atoms with E-state index in [1.54, 1.807) is 6.92 Å². The zero-order valence-corrected chi connectivity index (χ0v) is 15.4. The fourth-order valence-electron chi connectivity index (χ4n) is 2.75. The monoisotopic (exact) mass is 376 g/mol. The molecule has 1 aliphatic rings. The van der Waals surface area contributed by atoms with E-state index in [1.165, 1.54) is 24.3 Å². The molecule has 0 aliphatic carbocycles. The summed E-state index contributed by atoms with van der Waals surface area (Å²) in [7, 11) is -4.04. The van der Waals surface area contributed by atoms with E-state index in [1.807, 2.05) is 31.2 Å². The van der Waals surface area contributed by atoms with Gasteiger partial charge in [0.2, 0.25) is 0 Å². The molecule has 0 saturated carbocycles. The molecular weight excluding hydrogens is 360 g/mol. The molecule has 130 valence electrons. The van der Waals surface area contributed by atoms with Crippen LogP contribution in [0.3, 0.4) is 0 Å². The van der Waals surface area contributed by atoms with Gasteiger partial charge in [0.25, 0.3) is 15.9 Å². The zero-order valence-electron chi connectivity index (χ0n) is 13.8. The third-order valence-corrected chi connectivity index (χ3v) is 6.10. The van der Waals surface area contributed by atoms with E-state index in [9.17, 15) is 13.2 Å². The molecule has 3 rings (SSSR count). The first-order valence-corrected chi connectivity index (χ1v) is 9.57. The largest absolute Gasteiger partial charge is 0.286 e. The summed E-state index contributed by atoms with van der Waals surface area (Å²) in [4.78, 5) is 12.7. The highest BCUT2D eigenvalue weighted by molar-refractivity contribution is 7.89. The second-order valence-electron chi connectivity index (χ2n) is 5.96. The van der Waals surface area contributed by atoms with Gasteiger partial charge in [-0.25, -0.2) is 0 Å². The molecule has 0 bridgehead atoms. The van der Waals surface area contributed by atoms with Crippen LogP contribution in [-0.2, 0) is 21.2 Å². The molecule has 0 fully saturated rings. The molecule has 1 unspecified atom stereocenters. The molecule has 0 aromatic heterocycles. The average molecular weight is 377 g/mol. The first-order valence-electron chi connectivity index (χ1n) is 7.75. The predicted molar refractivity (Wildman–Crippen MR) is 97.0 cm³/mol. The minimum atomic E-state index is -4.04. The lowest BCUT2D eigenvalue weighted by Gasteiger charge is -2.15. The Morgan fingerprint density at radius 2 is 1.72 bits per heavy atom. The van der Waals surface area contributed by atoms with E-state index in [-0.39, 0.29) is 4.90 Å². The summed E-state index contributed by atoms with van der Waals surface area (Å²) in [5, 5.41) is 4.45. The Morgan fingerprint density at radius 1 is 1.08 bits per heavy atom. The molecule has 1 atom stereocenters. The van der Waals surface area contributed by atoms with Crippen molar-refractivity contribution in [3.05, 3.63) is 64.7 Å². The molecule has 0 saturated heterocycles. The number of hydrazone groups is 1. The lowest BCUT2D eigenvalue weighted by atomic mass is 9.93. The third-order valence-electron chi connectivity index (χ3n) is 4.26. The number of halogens is 1. The predicted octanol–water partition coefficient (Wildman–Crippen LogP) is 3.41. The van der Waals surface area contributed by atoms with E-state index < -0.39 is 21.8 Å². The van der Waals surface area contributed by atoms with Gasteiger partial charge < -0.3 is 0 Å². The van der Waals surface area contributed by atoms with Crippen molar-refractivity contribution in [3.8, 4) is 0 Å². The van der Waals surface area contributed by atoms with Crippen LogP contribution < -0.4 is 0 Å². The third kappa shape index (κ3) is 3.32. The SMILES string of the molecule is CC1=NN(S(=O)(=O)c2ccc(Cl)cc2)C(=O)C1Cc1ccccc1C. The number of rotatable bonds is 4. The summed E-state index contributed by atoms with van der Waals surface area (Å²) in [5.74, 6) is -1.11. The molecular formula is C18H17ClN2O3S. The van der Waals surface area contributed by atoms with Crippen LogP contribution in [0.25, 0.3) is 0 Å². The van der Waals surface area contributed by atoms with Crippen LogP contribution in [-0.4, -0.2) is 24.5 Å². The van der Waals surface area contributed by atoms with Gasteiger partial charge in [0.15, 0.2) is 0 Å². The number of aryl methyl sites for hydroxylation is 1. The molecule has 1 amide bonds. The Balaban J connectivity index is 1.89. The zero-order chi connectivity index (χ0) is 18.2. The Hall–Kier alpha value is -2.18. The van der Waals surface area contributed by atoms with Crippen LogP contribution >= 0.6 is 11.6 Å². The standard InChI is InChI=1S/C18H17ClN2O3S/c1-12-5-3-4-6-14(12)11-17-13(2)20-21(18(17)22)25(23,24)16-9-7-15(19)8-10-16/h3-10,17H,11H2,1-2H3. The highest BCUT2D eigenvalue weighted by Gasteiger charge is 2.41. The van der Waals surface area contributed by atoms with Gasteiger partial charge in [-0.3, -0.25) is 4.79 Å². The van der Waals surface area contributed by atoms with Crippen LogP contribution in [0.4, 0.5) is 0 Å². The summed E-state index contributed by atoms with van der Waals surface area (Å²) in [6, 6.07) is 13.4. The number of hydrogen-bond acceptors (Lipinski definition) is 4. The van der Waals surface area contributed by atoms with Crippen molar-refractivity contribution in [2.75, 3.05) is 0 Å². The van der Waals surface area contributed by atoms with Gasteiger partial charge in [-0.1, -0.05) is 35.9 Å². The average Bonchev–Trinajstić information content (AvgIpc) is 2.86. The lowest BCUT2D eigenvalue weighted by molar-refractivity contribution is -0.127. The minimum absolute atomic E-state index is 0.0154. The molecule has 2 aromatic carbocycles. The van der Waals surface area contributed by atoms with Crippen molar-refractivity contribution in [2.45, 2.75) is 25.2 Å². The van der Waals surface area contributed by atoms with Crippen LogP contribution in [0.2, 0.25) is 5.02 Å². The number of sulfonamides is 1. The summed E-state index contributed by atoms with van der Waals surface area (Å²) >= 11 is 5.80. The molecule has 7 heteroatoms. The van der Waals surface area contributed by atoms with E-state index in [0.717, 1.165) is 11.1 Å². The van der Waals surface area contributed by atoms with Crippen LogP contribution in [0.1, 0.15) is 18.1 Å². The van der Waals surface area contributed by atoms with Crippen LogP contribution in [0.15, 0.2) is 58.5 Å². The van der Waals surface area contributed by atoms with Gasteiger partial charge in [-0.05, 0) is 55.7 Å². The number of amides is 1. The summed E-state index contributed by atoms with van der Waals surface area (Å²) < 4.78 is 26.0. The van der Waals surface area contributed by atoms with E-state index >= 15 is 0 Å². The number of carbonyl (C=O) groups is 1. The second-order valence-corrected chi connectivity index (χ2v) is 8.17. The van der Waals surface area contributed by atoms with Crippen LogP contribution in [0.5, 0.6) is 0 Å². The topological polar surface area (TPSA) is 66.8 Å². The number of carbonyl (C=O) groups excluding carboxylic acids is 1. The van der Waals surface area contributed by atoms with E-state index in [4.69, 9.17) is 11.6 Å². The molecule has 0 N–H and O–H groups in total. The fraction of sp³-hybridized carbons (Fsp3) is 0.222. The Bertz CT molecular complexity index is 953. The molecule has 2 aromatic rings. The van der Waals surface area contributed by atoms with E-state index in [2.05, 4.69) is 5.10 Å². The highest BCUT2D eigenvalue weighted by Crippen LogP contribution is 2.27. The van der Waals surface area contributed by atoms with Crippen molar-refractivity contribution in [1.82, 2.24) is 4.41 Å². The van der Waals surface area contributed by atoms with Gasteiger partial charge in [0.1, 0.15) is 0 Å². The highest BCUT2D eigenvalue weighted by atomic mass is 35.5. The van der Waals surface area contributed by atoms with Crippen molar-refractivity contribution < 1.29 is 13.2 Å². The van der Waals surface area contributed by atoms with E-state index in [0.29, 0.717) is 21.6 Å². The first-order chi connectivity index (χ1) is 11.8. The van der Waals surface area contributed by atoms with Gasteiger partial charge >= 0.3 is 0 Å². The first kappa shape index (κ1) is 17.6. The quantitative estimate of drug-likeness (QED) is 0.821. The molecule has 1 heterocycles. The maximum atomic E-state index is 12.7. The van der Waals surface area contributed by atoms with Gasteiger partial charge in [0.05, 0.1) is 10.8 Å². The molecule has 25 heavy (non-hydrogen) atoms. The molecule has 1 aliphatic heterocycles. The maximum absolute atomic E-state index is 12.7.